The Morgan fingerprint density at radius 1 is 1.55 bits per heavy atom. The standard InChI is InChI=1S/C8H14ClNO/c1-2-7(8(9)11)10-5-3-4-6-10/h7H,2-6H2,1H3. The fraction of sp³-hybridized carbons (Fsp3) is 0.875. The zero-order chi connectivity index (χ0) is 8.27. The van der Waals surface area contributed by atoms with Crippen molar-refractivity contribution in [3.05, 3.63) is 0 Å². The highest BCUT2D eigenvalue weighted by Crippen LogP contribution is 2.15. The van der Waals surface area contributed by atoms with Gasteiger partial charge in [0, 0.05) is 0 Å². The van der Waals surface area contributed by atoms with E-state index >= 15 is 0 Å². The van der Waals surface area contributed by atoms with Gasteiger partial charge in [0.25, 0.3) is 0 Å². The highest BCUT2D eigenvalue weighted by Gasteiger charge is 2.24. The van der Waals surface area contributed by atoms with Crippen LogP contribution < -0.4 is 0 Å². The second kappa shape index (κ2) is 4.07. The monoisotopic (exact) mass is 175 g/mol. The molecule has 1 aliphatic heterocycles. The van der Waals surface area contributed by atoms with Crippen LogP contribution >= 0.6 is 11.6 Å². The Labute approximate surface area is 72.5 Å². The fourth-order valence-electron chi connectivity index (χ4n) is 1.62. The average molecular weight is 176 g/mol. The maximum atomic E-state index is 10.9. The van der Waals surface area contributed by atoms with Crippen LogP contribution in [-0.4, -0.2) is 29.3 Å². The fourth-order valence-corrected chi connectivity index (χ4v) is 1.91. The van der Waals surface area contributed by atoms with Crippen LogP contribution in [0.25, 0.3) is 0 Å². The Kier molecular flexibility index (Phi) is 3.34. The molecular weight excluding hydrogens is 162 g/mol. The zero-order valence-electron chi connectivity index (χ0n) is 6.85. The van der Waals surface area contributed by atoms with Crippen molar-refractivity contribution in [2.24, 2.45) is 0 Å². The van der Waals surface area contributed by atoms with Crippen molar-refractivity contribution in [3.8, 4) is 0 Å². The molecule has 1 saturated heterocycles. The molecular formula is C8H14ClNO. The van der Waals surface area contributed by atoms with E-state index in [0.29, 0.717) is 0 Å². The molecule has 11 heavy (non-hydrogen) atoms. The predicted molar refractivity (Wildman–Crippen MR) is 45.7 cm³/mol. The van der Waals surface area contributed by atoms with Gasteiger partial charge in [0.15, 0.2) is 0 Å². The van der Waals surface area contributed by atoms with Gasteiger partial charge in [-0.2, -0.15) is 0 Å². The minimum absolute atomic E-state index is 0.0285. The van der Waals surface area contributed by atoms with Crippen LogP contribution in [0.1, 0.15) is 26.2 Å². The van der Waals surface area contributed by atoms with Crippen LogP contribution in [0.2, 0.25) is 0 Å². The minimum atomic E-state index is -0.200. The number of carbonyl (C=O) groups excluding carboxylic acids is 1. The van der Waals surface area contributed by atoms with Crippen molar-refractivity contribution >= 4 is 16.8 Å². The van der Waals surface area contributed by atoms with Crippen molar-refractivity contribution in [1.82, 2.24) is 4.90 Å². The first-order chi connectivity index (χ1) is 5.25. The van der Waals surface area contributed by atoms with Gasteiger partial charge in [-0.15, -0.1) is 0 Å². The molecule has 0 aromatic heterocycles. The van der Waals surface area contributed by atoms with Crippen LogP contribution in [0.3, 0.4) is 0 Å². The smallest absolute Gasteiger partial charge is 0.238 e. The molecule has 0 aromatic carbocycles. The van der Waals surface area contributed by atoms with Gasteiger partial charge >= 0.3 is 0 Å². The summed E-state index contributed by atoms with van der Waals surface area (Å²) in [6.45, 7) is 4.08. The molecule has 1 rings (SSSR count). The molecule has 0 aromatic rings. The highest BCUT2D eigenvalue weighted by atomic mass is 35.5. The van der Waals surface area contributed by atoms with E-state index in [1.807, 2.05) is 6.92 Å². The molecule has 0 saturated carbocycles. The van der Waals surface area contributed by atoms with E-state index in [4.69, 9.17) is 11.6 Å². The molecule has 3 heteroatoms. The molecule has 64 valence electrons. The van der Waals surface area contributed by atoms with Gasteiger partial charge in [-0.1, -0.05) is 6.92 Å². The van der Waals surface area contributed by atoms with Gasteiger partial charge in [0.05, 0.1) is 6.04 Å². The Morgan fingerprint density at radius 2 is 2.09 bits per heavy atom. The lowest BCUT2D eigenvalue weighted by molar-refractivity contribution is -0.116. The molecule has 0 radical (unpaired) electrons. The van der Waals surface area contributed by atoms with Crippen LogP contribution in [0.15, 0.2) is 0 Å². The normalized spacial score (nSPS) is 22.0. The van der Waals surface area contributed by atoms with Gasteiger partial charge in [0.1, 0.15) is 0 Å². The van der Waals surface area contributed by atoms with Crippen molar-refractivity contribution in [3.63, 3.8) is 0 Å². The lowest BCUT2D eigenvalue weighted by Crippen LogP contribution is -2.36. The lowest BCUT2D eigenvalue weighted by atomic mass is 10.2. The molecule has 0 bridgehead atoms. The van der Waals surface area contributed by atoms with E-state index in [-0.39, 0.29) is 11.3 Å². The molecule has 1 unspecified atom stereocenters. The summed E-state index contributed by atoms with van der Waals surface area (Å²) in [5.41, 5.74) is 0. The van der Waals surface area contributed by atoms with Gasteiger partial charge in [-0.05, 0) is 44.0 Å². The van der Waals surface area contributed by atoms with Crippen LogP contribution in [0.4, 0.5) is 0 Å². The van der Waals surface area contributed by atoms with Gasteiger partial charge < -0.3 is 0 Å². The van der Waals surface area contributed by atoms with Crippen LogP contribution in [0, 0.1) is 0 Å². The number of carbonyl (C=O) groups is 1. The summed E-state index contributed by atoms with van der Waals surface area (Å²) < 4.78 is 0. The molecule has 2 nitrogen and oxygen atoms in total. The van der Waals surface area contributed by atoms with Crippen LogP contribution in [0.5, 0.6) is 0 Å². The maximum Gasteiger partial charge on any atom is 0.238 e. The number of halogens is 1. The molecule has 1 atom stereocenters. The minimum Gasteiger partial charge on any atom is -0.293 e. The number of nitrogens with zero attached hydrogens (tertiary/aromatic N) is 1. The molecule has 1 heterocycles. The highest BCUT2D eigenvalue weighted by molar-refractivity contribution is 6.64. The first kappa shape index (κ1) is 9.01. The molecule has 0 amide bonds. The Hall–Kier alpha value is -0.0800. The van der Waals surface area contributed by atoms with E-state index in [0.717, 1.165) is 19.5 Å². The van der Waals surface area contributed by atoms with E-state index < -0.39 is 0 Å². The number of hydrogen-bond donors (Lipinski definition) is 0. The predicted octanol–water partition coefficient (Wildman–Crippen LogP) is 1.63. The third-order valence-electron chi connectivity index (χ3n) is 2.23. The average Bonchev–Trinajstić information content (AvgIpc) is 2.40. The molecule has 0 spiro atoms. The summed E-state index contributed by atoms with van der Waals surface area (Å²) in [6.07, 6.45) is 3.25. The Morgan fingerprint density at radius 3 is 2.45 bits per heavy atom. The molecule has 0 N–H and O–H groups in total. The maximum absolute atomic E-state index is 10.9. The van der Waals surface area contributed by atoms with E-state index in [2.05, 4.69) is 4.90 Å². The van der Waals surface area contributed by atoms with Gasteiger partial charge in [-0.25, -0.2) is 0 Å². The number of hydrogen-bond acceptors (Lipinski definition) is 2. The zero-order valence-corrected chi connectivity index (χ0v) is 7.60. The van der Waals surface area contributed by atoms with Crippen molar-refractivity contribution < 1.29 is 4.79 Å². The van der Waals surface area contributed by atoms with Crippen molar-refractivity contribution in [2.45, 2.75) is 32.2 Å². The SMILES string of the molecule is CCC(C(=O)Cl)N1CCCC1. The van der Waals surface area contributed by atoms with E-state index in [1.165, 1.54) is 12.8 Å². The van der Waals surface area contributed by atoms with Gasteiger partial charge in [-0.3, -0.25) is 9.69 Å². The largest absolute Gasteiger partial charge is 0.293 e. The molecule has 1 aliphatic rings. The Balaban J connectivity index is 2.46. The topological polar surface area (TPSA) is 20.3 Å². The van der Waals surface area contributed by atoms with Crippen molar-refractivity contribution in [2.75, 3.05) is 13.1 Å². The van der Waals surface area contributed by atoms with Crippen molar-refractivity contribution in [1.29, 1.82) is 0 Å². The summed E-state index contributed by atoms with van der Waals surface area (Å²) in [6, 6.07) is -0.0285. The first-order valence-electron chi connectivity index (χ1n) is 4.19. The summed E-state index contributed by atoms with van der Waals surface area (Å²) in [7, 11) is 0. The van der Waals surface area contributed by atoms with E-state index in [9.17, 15) is 4.79 Å². The second-order valence-corrected chi connectivity index (χ2v) is 3.34. The summed E-state index contributed by atoms with van der Waals surface area (Å²) in [4.78, 5) is 13.1. The Bertz CT molecular complexity index is 143. The number of likely N-dealkylation sites (tertiary alicyclic amines) is 1. The lowest BCUT2D eigenvalue weighted by Gasteiger charge is -2.22. The third kappa shape index (κ3) is 2.17. The molecule has 1 fully saturated rings. The number of rotatable bonds is 3. The summed E-state index contributed by atoms with van der Waals surface area (Å²) in [5, 5.41) is -0.200. The molecule has 0 aliphatic carbocycles. The van der Waals surface area contributed by atoms with Crippen LogP contribution in [-0.2, 0) is 4.79 Å². The van der Waals surface area contributed by atoms with E-state index in [1.54, 1.807) is 0 Å². The van der Waals surface area contributed by atoms with Gasteiger partial charge in [0.2, 0.25) is 5.24 Å². The summed E-state index contributed by atoms with van der Waals surface area (Å²) in [5.74, 6) is 0. The third-order valence-corrected chi connectivity index (χ3v) is 2.48. The summed E-state index contributed by atoms with van der Waals surface area (Å²) >= 11 is 5.44. The quantitative estimate of drug-likeness (QED) is 0.608. The first-order valence-corrected chi connectivity index (χ1v) is 4.57. The second-order valence-electron chi connectivity index (χ2n) is 2.97.